The van der Waals surface area contributed by atoms with Crippen LogP contribution in [0, 0.1) is 0 Å². The van der Waals surface area contributed by atoms with Crippen molar-refractivity contribution in [2.75, 3.05) is 13.2 Å². The first-order chi connectivity index (χ1) is 5.24. The molecule has 1 heterocycles. The zero-order valence-corrected chi connectivity index (χ0v) is 6.94. The number of hydrogen-bond acceptors (Lipinski definition) is 4. The highest BCUT2D eigenvalue weighted by Gasteiger charge is 2.28. The molecule has 1 N–H and O–H groups in total. The second-order valence-electron chi connectivity index (χ2n) is 2.03. The van der Waals surface area contributed by atoms with E-state index in [0.717, 1.165) is 0 Å². The van der Waals surface area contributed by atoms with Crippen molar-refractivity contribution < 1.29 is 14.3 Å². The summed E-state index contributed by atoms with van der Waals surface area (Å²) in [5, 5.41) is 2.98. The first kappa shape index (κ1) is 8.26. The van der Waals surface area contributed by atoms with Crippen molar-refractivity contribution >= 4 is 23.4 Å². The predicted octanol–water partition coefficient (Wildman–Crippen LogP) is -0.177. The number of rotatable bonds is 2. The summed E-state index contributed by atoms with van der Waals surface area (Å²) in [6, 6.07) is 0. The highest BCUT2D eigenvalue weighted by molar-refractivity contribution is 7.80. The lowest BCUT2D eigenvalue weighted by atomic mass is 10.4. The van der Waals surface area contributed by atoms with E-state index in [4.69, 9.17) is 9.47 Å². The molecule has 1 aliphatic rings. The predicted molar refractivity (Wildman–Crippen MR) is 42.1 cm³/mol. The Morgan fingerprint density at radius 1 is 2.00 bits per heavy atom. The molecule has 1 rings (SSSR count). The Kier molecular flexibility index (Phi) is 2.64. The van der Waals surface area contributed by atoms with Gasteiger partial charge in [0.15, 0.2) is 0 Å². The van der Waals surface area contributed by atoms with Gasteiger partial charge in [-0.1, -0.05) is 0 Å². The van der Waals surface area contributed by atoms with E-state index in [2.05, 4.69) is 17.5 Å². The molecule has 0 aromatic rings. The van der Waals surface area contributed by atoms with Crippen LogP contribution in [0.1, 0.15) is 6.92 Å². The van der Waals surface area contributed by atoms with Crippen molar-refractivity contribution in [2.24, 2.45) is 0 Å². The molecule has 1 unspecified atom stereocenters. The van der Waals surface area contributed by atoms with E-state index in [1.54, 1.807) is 6.92 Å². The second-order valence-corrected chi connectivity index (χ2v) is 2.40. The van der Waals surface area contributed by atoms with Crippen LogP contribution in [0.4, 0.5) is 0 Å². The fraction of sp³-hybridized carbons (Fsp3) is 0.667. The van der Waals surface area contributed by atoms with Gasteiger partial charge in [0, 0.05) is 0 Å². The normalized spacial score (nSPS) is 22.3. The second kappa shape index (κ2) is 3.52. The molecule has 62 valence electrons. The van der Waals surface area contributed by atoms with Gasteiger partial charge >= 0.3 is 5.97 Å². The van der Waals surface area contributed by atoms with E-state index >= 15 is 0 Å². The van der Waals surface area contributed by atoms with Crippen molar-refractivity contribution in [3.8, 4) is 0 Å². The molecule has 0 aromatic heterocycles. The van der Waals surface area contributed by atoms with Crippen molar-refractivity contribution in [1.82, 2.24) is 5.32 Å². The Morgan fingerprint density at radius 3 is 3.18 bits per heavy atom. The maximum absolute atomic E-state index is 10.9. The third-order valence-corrected chi connectivity index (χ3v) is 1.47. The summed E-state index contributed by atoms with van der Waals surface area (Å²) in [5.74, 6) is -0.361. The number of thiocarbonyl (C=S) groups is 1. The zero-order chi connectivity index (χ0) is 8.27. The van der Waals surface area contributed by atoms with Gasteiger partial charge < -0.3 is 14.8 Å². The summed E-state index contributed by atoms with van der Waals surface area (Å²) in [7, 11) is 0. The van der Waals surface area contributed by atoms with E-state index in [9.17, 15) is 4.79 Å². The summed E-state index contributed by atoms with van der Waals surface area (Å²) in [6.07, 6.45) is -0.553. The summed E-state index contributed by atoms with van der Waals surface area (Å²) in [4.78, 5) is 10.9. The van der Waals surface area contributed by atoms with Gasteiger partial charge in [-0.25, -0.2) is 4.79 Å². The molecule has 1 atom stereocenters. The van der Waals surface area contributed by atoms with Gasteiger partial charge in [-0.3, -0.25) is 0 Å². The van der Waals surface area contributed by atoms with Gasteiger partial charge in [-0.05, 0) is 19.1 Å². The fourth-order valence-corrected chi connectivity index (χ4v) is 0.955. The van der Waals surface area contributed by atoms with Crippen molar-refractivity contribution in [3.63, 3.8) is 0 Å². The van der Waals surface area contributed by atoms with Gasteiger partial charge in [0.05, 0.1) is 13.2 Å². The molecule has 0 radical (unpaired) electrons. The van der Waals surface area contributed by atoms with Gasteiger partial charge in [0.1, 0.15) is 0 Å². The maximum atomic E-state index is 10.9. The highest BCUT2D eigenvalue weighted by atomic mass is 32.1. The van der Waals surface area contributed by atoms with E-state index in [-0.39, 0.29) is 11.1 Å². The Balaban J connectivity index is 2.37. The maximum Gasteiger partial charge on any atom is 0.349 e. The van der Waals surface area contributed by atoms with Crippen LogP contribution >= 0.6 is 12.2 Å². The fourth-order valence-electron chi connectivity index (χ4n) is 0.755. The summed E-state index contributed by atoms with van der Waals surface area (Å²) >= 11 is 4.66. The molecule has 4 nitrogen and oxygen atoms in total. The van der Waals surface area contributed by atoms with E-state index in [1.165, 1.54) is 0 Å². The molecule has 0 amide bonds. The lowest BCUT2D eigenvalue weighted by Gasteiger charge is -2.05. The lowest BCUT2D eigenvalue weighted by molar-refractivity contribution is -0.150. The number of hydrogen-bond donors (Lipinski definition) is 1. The minimum Gasteiger partial charge on any atom is -0.463 e. The number of carbonyl (C=O) groups excluding carboxylic acids is 1. The van der Waals surface area contributed by atoms with E-state index in [0.29, 0.717) is 13.2 Å². The third kappa shape index (κ3) is 2.04. The quantitative estimate of drug-likeness (QED) is 0.466. The molecule has 0 aliphatic carbocycles. The van der Waals surface area contributed by atoms with Gasteiger partial charge in [0.25, 0.3) is 5.17 Å². The van der Waals surface area contributed by atoms with E-state index < -0.39 is 6.10 Å². The van der Waals surface area contributed by atoms with Crippen LogP contribution in [0.2, 0.25) is 0 Å². The topological polar surface area (TPSA) is 47.6 Å². The smallest absolute Gasteiger partial charge is 0.349 e. The Morgan fingerprint density at radius 2 is 2.73 bits per heavy atom. The minimum absolute atomic E-state index is 0.267. The Hall–Kier alpha value is -0.840. The Bertz CT molecular complexity index is 183. The molecular formula is C6H9NO3S. The van der Waals surface area contributed by atoms with Crippen LogP contribution in [-0.4, -0.2) is 30.4 Å². The molecule has 0 aromatic carbocycles. The van der Waals surface area contributed by atoms with Crippen LogP contribution in [0.25, 0.3) is 0 Å². The summed E-state index contributed by atoms with van der Waals surface area (Å²) in [6.45, 7) is 2.53. The van der Waals surface area contributed by atoms with Crippen LogP contribution < -0.4 is 5.32 Å². The number of ether oxygens (including phenoxy) is 2. The largest absolute Gasteiger partial charge is 0.463 e. The van der Waals surface area contributed by atoms with Crippen molar-refractivity contribution in [2.45, 2.75) is 13.0 Å². The SMILES string of the molecule is CCOC(=O)C1CNC(=S)O1. The molecule has 11 heavy (non-hydrogen) atoms. The molecule has 0 bridgehead atoms. The molecule has 1 aliphatic heterocycles. The molecule has 1 saturated heterocycles. The standard InChI is InChI=1S/C6H9NO3S/c1-2-9-5(8)4-3-7-6(11)10-4/h4H,2-3H2,1H3,(H,7,11). The monoisotopic (exact) mass is 175 g/mol. The van der Waals surface area contributed by atoms with Gasteiger partial charge in [0.2, 0.25) is 6.10 Å². The highest BCUT2D eigenvalue weighted by Crippen LogP contribution is 2.01. The van der Waals surface area contributed by atoms with E-state index in [1.807, 2.05) is 0 Å². The van der Waals surface area contributed by atoms with Gasteiger partial charge in [-0.15, -0.1) is 0 Å². The minimum atomic E-state index is -0.553. The third-order valence-electron chi connectivity index (χ3n) is 1.23. The Labute approximate surface area is 69.9 Å². The molecule has 1 fully saturated rings. The van der Waals surface area contributed by atoms with Crippen molar-refractivity contribution in [1.29, 1.82) is 0 Å². The lowest BCUT2D eigenvalue weighted by Crippen LogP contribution is -2.26. The molecule has 0 spiro atoms. The average Bonchev–Trinajstić information content (AvgIpc) is 2.36. The molecule has 0 saturated carbocycles. The zero-order valence-electron chi connectivity index (χ0n) is 6.12. The van der Waals surface area contributed by atoms with Crippen LogP contribution in [0.3, 0.4) is 0 Å². The first-order valence-electron chi connectivity index (χ1n) is 3.35. The van der Waals surface area contributed by atoms with Gasteiger partial charge in [-0.2, -0.15) is 0 Å². The summed E-state index contributed by atoms with van der Waals surface area (Å²) in [5.41, 5.74) is 0. The average molecular weight is 175 g/mol. The molecule has 5 heteroatoms. The van der Waals surface area contributed by atoms with Crippen LogP contribution in [0.15, 0.2) is 0 Å². The molecular weight excluding hydrogens is 166 g/mol. The van der Waals surface area contributed by atoms with Crippen LogP contribution in [-0.2, 0) is 14.3 Å². The number of carbonyl (C=O) groups is 1. The first-order valence-corrected chi connectivity index (χ1v) is 3.76. The van der Waals surface area contributed by atoms with Crippen molar-refractivity contribution in [3.05, 3.63) is 0 Å². The number of nitrogens with one attached hydrogen (secondary N) is 1. The van der Waals surface area contributed by atoms with Crippen LogP contribution in [0.5, 0.6) is 0 Å². The summed E-state index contributed by atoms with van der Waals surface area (Å²) < 4.78 is 9.63. The number of esters is 1.